The first kappa shape index (κ1) is 12.0. The van der Waals surface area contributed by atoms with E-state index in [1.54, 1.807) is 10.9 Å². The third-order valence-corrected chi connectivity index (χ3v) is 3.05. The standard InChI is InChI=1S/C15H9N2O.Co/c1-2-8-14-11(5-1)12-6-3-7-13(15(12)18-14)17-10-4-9-16-17;/h1-6,8-10H;/q-1;. The fraction of sp³-hybridized carbons (Fsp3) is 0. The van der Waals surface area contributed by atoms with Crippen LogP contribution in [0.25, 0.3) is 27.6 Å². The summed E-state index contributed by atoms with van der Waals surface area (Å²) in [6.07, 6.45) is 3.63. The van der Waals surface area contributed by atoms with Gasteiger partial charge in [0.1, 0.15) is 5.58 Å². The number of hydrogen-bond donors (Lipinski definition) is 0. The van der Waals surface area contributed by atoms with E-state index in [1.165, 1.54) is 0 Å². The first-order chi connectivity index (χ1) is 8.93. The summed E-state index contributed by atoms with van der Waals surface area (Å²) in [6, 6.07) is 17.0. The Kier molecular flexibility index (Phi) is 2.89. The quantitative estimate of drug-likeness (QED) is 0.502. The van der Waals surface area contributed by atoms with Crippen molar-refractivity contribution in [3.8, 4) is 5.69 Å². The molecule has 0 aliphatic heterocycles. The molecular weight excluding hydrogens is 283 g/mol. The second-order valence-electron chi connectivity index (χ2n) is 4.12. The van der Waals surface area contributed by atoms with E-state index in [2.05, 4.69) is 17.2 Å². The summed E-state index contributed by atoms with van der Waals surface area (Å²) < 4.78 is 7.68. The first-order valence-electron chi connectivity index (χ1n) is 5.75. The SMILES string of the molecule is [Co].[c-]1ccc2c(oc3ccccc32)c1-n1cccn1. The fourth-order valence-corrected chi connectivity index (χ4v) is 2.25. The molecule has 0 amide bonds. The van der Waals surface area contributed by atoms with Crippen molar-refractivity contribution in [2.75, 3.05) is 0 Å². The zero-order valence-electron chi connectivity index (χ0n) is 9.83. The molecule has 0 saturated carbocycles. The number of furan rings is 1. The minimum atomic E-state index is 0. The van der Waals surface area contributed by atoms with Crippen LogP contribution in [0.1, 0.15) is 0 Å². The smallest absolute Gasteiger partial charge is 0.116 e. The van der Waals surface area contributed by atoms with Crippen LogP contribution in [0.4, 0.5) is 0 Å². The summed E-state index contributed by atoms with van der Waals surface area (Å²) in [7, 11) is 0. The molecule has 2 aromatic heterocycles. The molecule has 4 heteroatoms. The van der Waals surface area contributed by atoms with Crippen molar-refractivity contribution < 1.29 is 21.2 Å². The summed E-state index contributed by atoms with van der Waals surface area (Å²) in [4.78, 5) is 0. The van der Waals surface area contributed by atoms with Crippen LogP contribution in [0.15, 0.2) is 59.3 Å². The maximum atomic E-state index is 5.92. The molecule has 0 fully saturated rings. The molecule has 0 N–H and O–H groups in total. The molecule has 1 radical (unpaired) electrons. The molecule has 0 atom stereocenters. The summed E-state index contributed by atoms with van der Waals surface area (Å²) in [6.45, 7) is 0. The Balaban J connectivity index is 0.00000110. The van der Waals surface area contributed by atoms with Gasteiger partial charge >= 0.3 is 0 Å². The summed E-state index contributed by atoms with van der Waals surface area (Å²) in [5.41, 5.74) is 2.55. The van der Waals surface area contributed by atoms with Crippen LogP contribution in [0, 0.1) is 6.07 Å². The van der Waals surface area contributed by atoms with Crippen molar-refractivity contribution in [3.63, 3.8) is 0 Å². The molecular formula is C15H9CoN2O-. The number of hydrogen-bond acceptors (Lipinski definition) is 2. The van der Waals surface area contributed by atoms with Gasteiger partial charge in [-0.1, -0.05) is 23.6 Å². The summed E-state index contributed by atoms with van der Waals surface area (Å²) in [5, 5.41) is 6.44. The average Bonchev–Trinajstić information content (AvgIpc) is 3.05. The van der Waals surface area contributed by atoms with Crippen LogP contribution in [-0.4, -0.2) is 9.78 Å². The minimum Gasteiger partial charge on any atom is -0.513 e. The Morgan fingerprint density at radius 3 is 2.79 bits per heavy atom. The number of nitrogens with zero attached hydrogens (tertiary/aromatic N) is 2. The molecule has 19 heavy (non-hydrogen) atoms. The van der Waals surface area contributed by atoms with Crippen LogP contribution in [0.3, 0.4) is 0 Å². The van der Waals surface area contributed by atoms with Crippen LogP contribution < -0.4 is 0 Å². The van der Waals surface area contributed by atoms with E-state index >= 15 is 0 Å². The fourth-order valence-electron chi connectivity index (χ4n) is 2.25. The van der Waals surface area contributed by atoms with Gasteiger partial charge in [-0.25, -0.2) is 0 Å². The van der Waals surface area contributed by atoms with E-state index in [9.17, 15) is 0 Å². The van der Waals surface area contributed by atoms with Gasteiger partial charge in [-0.2, -0.15) is 23.3 Å². The zero-order chi connectivity index (χ0) is 11.9. The molecule has 2 aromatic carbocycles. The summed E-state index contributed by atoms with van der Waals surface area (Å²) >= 11 is 0. The average molecular weight is 292 g/mol. The van der Waals surface area contributed by atoms with E-state index in [0.717, 1.165) is 27.6 Å². The van der Waals surface area contributed by atoms with Crippen molar-refractivity contribution in [3.05, 3.63) is 60.9 Å². The second-order valence-corrected chi connectivity index (χ2v) is 4.12. The van der Waals surface area contributed by atoms with Crippen molar-refractivity contribution >= 4 is 21.9 Å². The second kappa shape index (κ2) is 4.57. The van der Waals surface area contributed by atoms with Gasteiger partial charge in [0.05, 0.1) is 0 Å². The third-order valence-electron chi connectivity index (χ3n) is 3.05. The van der Waals surface area contributed by atoms with Gasteiger partial charge in [0.2, 0.25) is 0 Å². The van der Waals surface area contributed by atoms with Crippen LogP contribution >= 0.6 is 0 Å². The van der Waals surface area contributed by atoms with E-state index in [-0.39, 0.29) is 16.8 Å². The van der Waals surface area contributed by atoms with Gasteiger partial charge in [0, 0.05) is 40.1 Å². The van der Waals surface area contributed by atoms with Gasteiger partial charge in [-0.15, -0.1) is 0 Å². The molecule has 3 nitrogen and oxygen atoms in total. The Morgan fingerprint density at radius 2 is 1.95 bits per heavy atom. The Labute approximate surface area is 120 Å². The number of fused-ring (bicyclic) bond motifs is 3. The normalized spacial score (nSPS) is 10.7. The van der Waals surface area contributed by atoms with Gasteiger partial charge in [-0.3, -0.25) is 4.68 Å². The molecule has 4 aromatic rings. The maximum Gasteiger partial charge on any atom is 0.116 e. The molecule has 0 aliphatic rings. The van der Waals surface area contributed by atoms with Crippen molar-refractivity contribution in [1.29, 1.82) is 0 Å². The predicted molar refractivity (Wildman–Crippen MR) is 69.7 cm³/mol. The molecule has 95 valence electrons. The molecule has 4 rings (SSSR count). The first-order valence-corrected chi connectivity index (χ1v) is 5.75. The largest absolute Gasteiger partial charge is 0.513 e. The molecule has 0 aliphatic carbocycles. The zero-order valence-corrected chi connectivity index (χ0v) is 10.9. The Hall–Kier alpha value is -2.04. The monoisotopic (exact) mass is 292 g/mol. The number of rotatable bonds is 1. The van der Waals surface area contributed by atoms with Crippen LogP contribution in [-0.2, 0) is 16.8 Å². The Bertz CT molecular complexity index is 834. The van der Waals surface area contributed by atoms with Gasteiger partial charge in [-0.05, 0) is 17.8 Å². The molecule has 0 unspecified atom stereocenters. The van der Waals surface area contributed by atoms with Gasteiger partial charge in [0.15, 0.2) is 0 Å². The third kappa shape index (κ3) is 1.77. The maximum absolute atomic E-state index is 5.92. The Morgan fingerprint density at radius 1 is 1.05 bits per heavy atom. The van der Waals surface area contributed by atoms with Crippen LogP contribution in [0.2, 0.25) is 0 Å². The number of aromatic nitrogens is 2. The van der Waals surface area contributed by atoms with Crippen LogP contribution in [0.5, 0.6) is 0 Å². The van der Waals surface area contributed by atoms with Gasteiger partial charge < -0.3 is 4.42 Å². The molecule has 0 spiro atoms. The molecule has 0 saturated heterocycles. The predicted octanol–water partition coefficient (Wildman–Crippen LogP) is 3.57. The van der Waals surface area contributed by atoms with E-state index < -0.39 is 0 Å². The van der Waals surface area contributed by atoms with Crippen molar-refractivity contribution in [2.24, 2.45) is 0 Å². The number of para-hydroxylation sites is 1. The van der Waals surface area contributed by atoms with Crippen molar-refractivity contribution in [1.82, 2.24) is 9.78 Å². The topological polar surface area (TPSA) is 31.0 Å². The molecule has 2 heterocycles. The minimum absolute atomic E-state index is 0. The number of benzene rings is 2. The van der Waals surface area contributed by atoms with Gasteiger partial charge in [0.25, 0.3) is 0 Å². The van der Waals surface area contributed by atoms with E-state index in [1.807, 2.05) is 42.6 Å². The summed E-state index contributed by atoms with van der Waals surface area (Å²) in [5.74, 6) is 0. The molecule has 0 bridgehead atoms. The van der Waals surface area contributed by atoms with E-state index in [4.69, 9.17) is 4.42 Å². The van der Waals surface area contributed by atoms with Crippen molar-refractivity contribution in [2.45, 2.75) is 0 Å². The van der Waals surface area contributed by atoms with E-state index in [0.29, 0.717) is 0 Å².